The van der Waals surface area contributed by atoms with Crippen molar-refractivity contribution in [1.29, 1.82) is 0 Å². The van der Waals surface area contributed by atoms with Crippen LogP contribution < -0.4 is 10.6 Å². The summed E-state index contributed by atoms with van der Waals surface area (Å²) in [7, 11) is 0. The first-order valence-corrected chi connectivity index (χ1v) is 12.2. The Bertz CT molecular complexity index is 811. The Morgan fingerprint density at radius 1 is 1.03 bits per heavy atom. The molecule has 4 nitrogen and oxygen atoms in total. The Balaban J connectivity index is 1.61. The number of rotatable bonds is 10. The normalized spacial score (nSPS) is 23.8. The van der Waals surface area contributed by atoms with E-state index in [1.807, 2.05) is 36.4 Å². The molecule has 3 rings (SSSR count). The second-order valence-electron chi connectivity index (χ2n) is 9.73. The average molecular weight is 437 g/mol. The van der Waals surface area contributed by atoms with Crippen LogP contribution in [0.25, 0.3) is 0 Å². The lowest BCUT2D eigenvalue weighted by molar-refractivity contribution is -0.123. The van der Waals surface area contributed by atoms with Crippen molar-refractivity contribution in [3.05, 3.63) is 71.8 Å². The Labute approximate surface area is 193 Å². The summed E-state index contributed by atoms with van der Waals surface area (Å²) in [4.78, 5) is 12.9. The molecule has 0 spiro atoms. The number of nitrogens with one attached hydrogen (secondary N) is 2. The van der Waals surface area contributed by atoms with E-state index in [0.29, 0.717) is 37.3 Å². The molecule has 0 aliphatic heterocycles. The van der Waals surface area contributed by atoms with Crippen molar-refractivity contribution in [2.24, 2.45) is 11.8 Å². The van der Waals surface area contributed by atoms with Gasteiger partial charge in [0.25, 0.3) is 0 Å². The summed E-state index contributed by atoms with van der Waals surface area (Å²) >= 11 is 0. The predicted octanol–water partition coefficient (Wildman–Crippen LogP) is 4.68. The molecule has 1 aliphatic rings. The van der Waals surface area contributed by atoms with Gasteiger partial charge in [-0.1, -0.05) is 94.3 Å². The topological polar surface area (TPSA) is 61.4 Å². The zero-order chi connectivity index (χ0) is 22.9. The third kappa shape index (κ3) is 7.18. The lowest BCUT2D eigenvalue weighted by Gasteiger charge is -2.36. The van der Waals surface area contributed by atoms with Crippen molar-refractivity contribution in [3.63, 3.8) is 0 Å². The van der Waals surface area contributed by atoms with E-state index < -0.39 is 6.10 Å². The Morgan fingerprint density at radius 3 is 2.38 bits per heavy atom. The van der Waals surface area contributed by atoms with Crippen molar-refractivity contribution in [3.8, 4) is 0 Å². The molecule has 1 fully saturated rings. The molecule has 3 N–H and O–H groups in total. The van der Waals surface area contributed by atoms with Gasteiger partial charge in [-0.15, -0.1) is 0 Å². The monoisotopic (exact) mass is 436 g/mol. The second-order valence-corrected chi connectivity index (χ2v) is 9.73. The minimum atomic E-state index is -0.643. The Morgan fingerprint density at radius 2 is 1.69 bits per heavy atom. The van der Waals surface area contributed by atoms with Gasteiger partial charge in [-0.25, -0.2) is 0 Å². The highest BCUT2D eigenvalue weighted by atomic mass is 16.3. The van der Waals surface area contributed by atoms with Crippen molar-refractivity contribution in [2.75, 3.05) is 6.54 Å². The first-order valence-electron chi connectivity index (χ1n) is 12.2. The highest BCUT2D eigenvalue weighted by Gasteiger charge is 2.29. The van der Waals surface area contributed by atoms with Crippen molar-refractivity contribution in [1.82, 2.24) is 10.6 Å². The van der Waals surface area contributed by atoms with Crippen molar-refractivity contribution in [2.45, 2.75) is 77.0 Å². The fraction of sp³-hybridized carbons (Fsp3) is 0.536. The number of aliphatic hydroxyl groups excluding tert-OH is 1. The van der Waals surface area contributed by atoms with Gasteiger partial charge in [0, 0.05) is 19.0 Å². The summed E-state index contributed by atoms with van der Waals surface area (Å²) < 4.78 is 0. The van der Waals surface area contributed by atoms with Gasteiger partial charge >= 0.3 is 0 Å². The molecule has 4 unspecified atom stereocenters. The molecular weight excluding hydrogens is 396 g/mol. The van der Waals surface area contributed by atoms with Gasteiger partial charge in [0.15, 0.2) is 0 Å². The van der Waals surface area contributed by atoms with Gasteiger partial charge in [-0.3, -0.25) is 4.79 Å². The van der Waals surface area contributed by atoms with E-state index >= 15 is 0 Å². The predicted molar refractivity (Wildman–Crippen MR) is 132 cm³/mol. The van der Waals surface area contributed by atoms with Crippen LogP contribution >= 0.6 is 0 Å². The quantitative estimate of drug-likeness (QED) is 0.507. The zero-order valence-corrected chi connectivity index (χ0v) is 19.8. The maximum atomic E-state index is 12.9. The van der Waals surface area contributed by atoms with Crippen LogP contribution in [0.1, 0.15) is 63.5 Å². The number of hydrogen-bond donors (Lipinski definition) is 3. The van der Waals surface area contributed by atoms with E-state index in [1.54, 1.807) is 0 Å². The molecule has 2 aromatic rings. The lowest BCUT2D eigenvalue weighted by Crippen LogP contribution is -2.51. The number of hydrogen-bond acceptors (Lipinski definition) is 3. The third-order valence-corrected chi connectivity index (χ3v) is 7.27. The van der Waals surface area contributed by atoms with Crippen LogP contribution in [-0.2, 0) is 11.2 Å². The molecule has 0 radical (unpaired) electrons. The van der Waals surface area contributed by atoms with Crippen molar-refractivity contribution < 1.29 is 9.90 Å². The summed E-state index contributed by atoms with van der Waals surface area (Å²) in [5.41, 5.74) is 2.28. The first kappa shape index (κ1) is 24.5. The van der Waals surface area contributed by atoms with Crippen LogP contribution in [0.5, 0.6) is 0 Å². The maximum Gasteiger partial charge on any atom is 0.220 e. The van der Waals surface area contributed by atoms with Crippen LogP contribution in [0.15, 0.2) is 60.7 Å². The minimum Gasteiger partial charge on any atom is -0.390 e. The summed E-state index contributed by atoms with van der Waals surface area (Å²) in [5.74, 6) is 1.43. The number of carbonyl (C=O) groups is 1. The highest BCUT2D eigenvalue weighted by Crippen LogP contribution is 2.29. The van der Waals surface area contributed by atoms with Gasteiger partial charge in [0.2, 0.25) is 5.91 Å². The number of aliphatic hydroxyl groups is 1. The fourth-order valence-corrected chi connectivity index (χ4v) is 4.88. The Hall–Kier alpha value is -2.17. The summed E-state index contributed by atoms with van der Waals surface area (Å²) in [6.07, 6.45) is 4.06. The third-order valence-electron chi connectivity index (χ3n) is 7.27. The summed E-state index contributed by atoms with van der Waals surface area (Å²) in [6, 6.07) is 20.3. The SMILES string of the molecule is CC(CC(=O)N[C@@H](Cc1ccccc1)[C@H](O)CNC1CCCC(C)C1C)c1ccccc1. The molecule has 4 heteroatoms. The van der Waals surface area contributed by atoms with Crippen molar-refractivity contribution >= 4 is 5.91 Å². The van der Waals surface area contributed by atoms with Crippen LogP contribution in [-0.4, -0.2) is 35.7 Å². The van der Waals surface area contributed by atoms with E-state index in [4.69, 9.17) is 0 Å². The molecule has 32 heavy (non-hydrogen) atoms. The van der Waals surface area contributed by atoms with E-state index in [0.717, 1.165) is 17.5 Å². The second kappa shape index (κ2) is 12.2. The van der Waals surface area contributed by atoms with Gasteiger partial charge in [-0.05, 0) is 41.7 Å². The van der Waals surface area contributed by atoms with Gasteiger partial charge in [0.1, 0.15) is 0 Å². The number of benzene rings is 2. The number of carbonyl (C=O) groups excluding carboxylic acids is 1. The smallest absolute Gasteiger partial charge is 0.220 e. The summed E-state index contributed by atoms with van der Waals surface area (Å²) in [6.45, 7) is 7.20. The molecule has 0 bridgehead atoms. The molecule has 0 heterocycles. The van der Waals surface area contributed by atoms with Gasteiger partial charge in [-0.2, -0.15) is 0 Å². The van der Waals surface area contributed by atoms with E-state index in [2.05, 4.69) is 55.7 Å². The zero-order valence-electron chi connectivity index (χ0n) is 19.8. The van der Waals surface area contributed by atoms with Crippen LogP contribution in [0.4, 0.5) is 0 Å². The fourth-order valence-electron chi connectivity index (χ4n) is 4.88. The van der Waals surface area contributed by atoms with E-state index in [1.165, 1.54) is 12.8 Å². The standard InChI is InChI=1S/C28H40N2O2/c1-20-11-10-16-25(22(20)3)29-19-27(31)26(18-23-12-6-4-7-13-23)30-28(32)17-21(2)24-14-8-5-9-15-24/h4-9,12-15,20-22,25-27,29,31H,10-11,16-19H2,1-3H3,(H,30,32)/t20?,21?,22?,25?,26-,27+/m0/s1. The molecule has 1 saturated carbocycles. The number of amides is 1. The average Bonchev–Trinajstić information content (AvgIpc) is 2.80. The largest absolute Gasteiger partial charge is 0.390 e. The maximum absolute atomic E-state index is 12.9. The van der Waals surface area contributed by atoms with E-state index in [-0.39, 0.29) is 17.9 Å². The lowest BCUT2D eigenvalue weighted by atomic mass is 9.78. The highest BCUT2D eigenvalue weighted by molar-refractivity contribution is 5.77. The first-order chi connectivity index (χ1) is 15.4. The van der Waals surface area contributed by atoms with Gasteiger partial charge in [0.05, 0.1) is 12.1 Å². The molecular formula is C28H40N2O2. The van der Waals surface area contributed by atoms with Gasteiger partial charge < -0.3 is 15.7 Å². The molecule has 2 aromatic carbocycles. The summed E-state index contributed by atoms with van der Waals surface area (Å²) in [5, 5.41) is 17.8. The van der Waals surface area contributed by atoms with Crippen LogP contribution in [0.3, 0.4) is 0 Å². The molecule has 6 atom stereocenters. The molecule has 0 saturated heterocycles. The Kier molecular flexibility index (Phi) is 9.31. The van der Waals surface area contributed by atoms with E-state index in [9.17, 15) is 9.90 Å². The minimum absolute atomic E-state index is 0.0130. The molecule has 1 aliphatic carbocycles. The molecule has 1 amide bonds. The van der Waals surface area contributed by atoms with Crippen LogP contribution in [0, 0.1) is 11.8 Å². The van der Waals surface area contributed by atoms with Crippen LogP contribution in [0.2, 0.25) is 0 Å². The molecule has 0 aromatic heterocycles. The molecule has 174 valence electrons.